The van der Waals surface area contributed by atoms with Gasteiger partial charge in [-0.3, -0.25) is 4.90 Å². The Kier molecular flexibility index (Phi) is 3.41. The lowest BCUT2D eigenvalue weighted by atomic mass is 9.98. The molecule has 0 saturated carbocycles. The van der Waals surface area contributed by atoms with Crippen molar-refractivity contribution >= 4 is 10.8 Å². The van der Waals surface area contributed by atoms with Crippen LogP contribution in [0.4, 0.5) is 0 Å². The van der Waals surface area contributed by atoms with Crippen molar-refractivity contribution in [1.29, 1.82) is 0 Å². The predicted octanol–water partition coefficient (Wildman–Crippen LogP) is 3.86. The van der Waals surface area contributed by atoms with E-state index in [1.54, 1.807) is 0 Å². The maximum atomic E-state index is 6.10. The van der Waals surface area contributed by atoms with Gasteiger partial charge in [0.05, 0.1) is 0 Å². The Labute approximate surface area is 131 Å². The van der Waals surface area contributed by atoms with Crippen molar-refractivity contribution in [3.8, 4) is 0 Å². The van der Waals surface area contributed by atoms with Gasteiger partial charge in [0, 0.05) is 25.7 Å². The van der Waals surface area contributed by atoms with Crippen LogP contribution in [0.5, 0.6) is 0 Å². The molecule has 0 fully saturated rings. The van der Waals surface area contributed by atoms with Gasteiger partial charge in [0.15, 0.2) is 0 Å². The quantitative estimate of drug-likeness (QED) is 0.793. The van der Waals surface area contributed by atoms with E-state index in [1.165, 1.54) is 27.5 Å². The largest absolute Gasteiger partial charge is 0.329 e. The predicted molar refractivity (Wildman–Crippen MR) is 91.4 cm³/mol. The minimum Gasteiger partial charge on any atom is -0.329 e. The zero-order valence-electron chi connectivity index (χ0n) is 12.6. The van der Waals surface area contributed by atoms with Gasteiger partial charge in [-0.05, 0) is 27.5 Å². The van der Waals surface area contributed by atoms with E-state index in [4.69, 9.17) is 5.73 Å². The van der Waals surface area contributed by atoms with Crippen molar-refractivity contribution in [2.75, 3.05) is 6.54 Å². The lowest BCUT2D eigenvalue weighted by Crippen LogP contribution is -2.27. The van der Waals surface area contributed by atoms with Crippen LogP contribution in [0.25, 0.3) is 10.8 Å². The highest BCUT2D eigenvalue weighted by Crippen LogP contribution is 2.38. The van der Waals surface area contributed by atoms with Crippen molar-refractivity contribution in [2.24, 2.45) is 5.73 Å². The number of benzene rings is 3. The first kappa shape index (κ1) is 13.5. The standard InChI is InChI=1S/C20H20N2/c21-12-20-18-11-10-16-8-4-5-9-17(16)19(18)14-22(20)13-15-6-2-1-3-7-15/h1-11,20H,12-14,21H2. The van der Waals surface area contributed by atoms with Gasteiger partial charge in [-0.1, -0.05) is 66.7 Å². The Morgan fingerprint density at radius 3 is 2.50 bits per heavy atom. The first-order valence-corrected chi connectivity index (χ1v) is 7.85. The first-order valence-electron chi connectivity index (χ1n) is 7.85. The second kappa shape index (κ2) is 5.56. The molecule has 1 aliphatic rings. The smallest absolute Gasteiger partial charge is 0.0480 e. The van der Waals surface area contributed by atoms with Crippen molar-refractivity contribution < 1.29 is 0 Å². The molecule has 2 heteroatoms. The number of rotatable bonds is 3. The van der Waals surface area contributed by atoms with E-state index in [9.17, 15) is 0 Å². The van der Waals surface area contributed by atoms with E-state index in [1.807, 2.05) is 0 Å². The Hall–Kier alpha value is -2.16. The summed E-state index contributed by atoms with van der Waals surface area (Å²) in [7, 11) is 0. The van der Waals surface area contributed by atoms with Gasteiger partial charge in [0.1, 0.15) is 0 Å². The van der Waals surface area contributed by atoms with E-state index < -0.39 is 0 Å². The van der Waals surface area contributed by atoms with Gasteiger partial charge in [-0.15, -0.1) is 0 Å². The zero-order valence-corrected chi connectivity index (χ0v) is 12.6. The average molecular weight is 288 g/mol. The molecular weight excluding hydrogens is 268 g/mol. The van der Waals surface area contributed by atoms with Crippen LogP contribution in [0, 0.1) is 0 Å². The lowest BCUT2D eigenvalue weighted by molar-refractivity contribution is 0.211. The molecule has 0 spiro atoms. The molecule has 3 aromatic carbocycles. The zero-order chi connectivity index (χ0) is 14.9. The van der Waals surface area contributed by atoms with Crippen molar-refractivity contribution in [2.45, 2.75) is 19.1 Å². The Morgan fingerprint density at radius 2 is 1.68 bits per heavy atom. The van der Waals surface area contributed by atoms with E-state index in [2.05, 4.69) is 71.6 Å². The molecule has 1 unspecified atom stereocenters. The third-order valence-electron chi connectivity index (χ3n) is 4.69. The molecule has 0 aromatic heterocycles. The number of fused-ring (bicyclic) bond motifs is 3. The third kappa shape index (κ3) is 2.21. The summed E-state index contributed by atoms with van der Waals surface area (Å²) in [6, 6.07) is 24.1. The molecule has 1 aliphatic heterocycles. The first-order chi connectivity index (χ1) is 10.9. The van der Waals surface area contributed by atoms with Crippen LogP contribution in [0.15, 0.2) is 66.7 Å². The van der Waals surface area contributed by atoms with Crippen LogP contribution in [0.3, 0.4) is 0 Å². The molecule has 4 rings (SSSR count). The van der Waals surface area contributed by atoms with Gasteiger partial charge in [-0.25, -0.2) is 0 Å². The monoisotopic (exact) mass is 288 g/mol. The summed E-state index contributed by atoms with van der Waals surface area (Å²) in [6.07, 6.45) is 0. The molecule has 0 saturated heterocycles. The molecule has 0 amide bonds. The fourth-order valence-corrected chi connectivity index (χ4v) is 3.61. The Bertz CT molecular complexity index is 795. The molecule has 0 bridgehead atoms. The Balaban J connectivity index is 1.73. The highest BCUT2D eigenvalue weighted by Gasteiger charge is 2.30. The summed E-state index contributed by atoms with van der Waals surface area (Å²) in [5.41, 5.74) is 10.3. The number of nitrogens with zero attached hydrogens (tertiary/aromatic N) is 1. The van der Waals surface area contributed by atoms with Gasteiger partial charge >= 0.3 is 0 Å². The maximum absolute atomic E-state index is 6.10. The number of hydrogen-bond donors (Lipinski definition) is 1. The van der Waals surface area contributed by atoms with Crippen LogP contribution in [-0.2, 0) is 13.1 Å². The van der Waals surface area contributed by atoms with Gasteiger partial charge in [0.25, 0.3) is 0 Å². The molecule has 0 aliphatic carbocycles. The minimum absolute atomic E-state index is 0.319. The second-order valence-corrected chi connectivity index (χ2v) is 6.00. The molecule has 0 radical (unpaired) electrons. The number of nitrogens with two attached hydrogens (primary N) is 1. The topological polar surface area (TPSA) is 29.3 Å². The highest BCUT2D eigenvalue weighted by molar-refractivity contribution is 5.87. The highest BCUT2D eigenvalue weighted by atomic mass is 15.2. The van der Waals surface area contributed by atoms with E-state index >= 15 is 0 Å². The average Bonchev–Trinajstić information content (AvgIpc) is 2.93. The van der Waals surface area contributed by atoms with Gasteiger partial charge in [0.2, 0.25) is 0 Å². The molecule has 22 heavy (non-hydrogen) atoms. The van der Waals surface area contributed by atoms with Crippen LogP contribution in [0.1, 0.15) is 22.7 Å². The second-order valence-electron chi connectivity index (χ2n) is 6.00. The number of hydrogen-bond acceptors (Lipinski definition) is 2. The maximum Gasteiger partial charge on any atom is 0.0480 e. The van der Waals surface area contributed by atoms with Crippen LogP contribution in [-0.4, -0.2) is 11.4 Å². The molecule has 2 nitrogen and oxygen atoms in total. The normalized spacial score (nSPS) is 17.8. The van der Waals surface area contributed by atoms with Crippen molar-refractivity contribution in [3.63, 3.8) is 0 Å². The summed E-state index contributed by atoms with van der Waals surface area (Å²) in [5, 5.41) is 2.69. The third-order valence-corrected chi connectivity index (χ3v) is 4.69. The van der Waals surface area contributed by atoms with E-state index in [0.717, 1.165) is 13.1 Å². The molecule has 110 valence electrons. The van der Waals surface area contributed by atoms with Gasteiger partial charge in [-0.2, -0.15) is 0 Å². The Morgan fingerprint density at radius 1 is 0.909 bits per heavy atom. The van der Waals surface area contributed by atoms with Crippen LogP contribution >= 0.6 is 0 Å². The fourth-order valence-electron chi connectivity index (χ4n) is 3.61. The van der Waals surface area contributed by atoms with E-state index in [-0.39, 0.29) is 0 Å². The molecule has 2 N–H and O–H groups in total. The molecule has 1 atom stereocenters. The molecule has 1 heterocycles. The summed E-state index contributed by atoms with van der Waals surface area (Å²) >= 11 is 0. The molecular formula is C20H20N2. The summed E-state index contributed by atoms with van der Waals surface area (Å²) in [4.78, 5) is 2.49. The summed E-state index contributed by atoms with van der Waals surface area (Å²) in [6.45, 7) is 2.59. The lowest BCUT2D eigenvalue weighted by Gasteiger charge is -2.23. The summed E-state index contributed by atoms with van der Waals surface area (Å²) < 4.78 is 0. The SMILES string of the molecule is NCC1c2ccc3ccccc3c2CN1Cc1ccccc1. The van der Waals surface area contributed by atoms with Crippen molar-refractivity contribution in [1.82, 2.24) is 4.90 Å². The summed E-state index contributed by atoms with van der Waals surface area (Å²) in [5.74, 6) is 0. The van der Waals surface area contributed by atoms with Crippen molar-refractivity contribution in [3.05, 3.63) is 83.4 Å². The van der Waals surface area contributed by atoms with Gasteiger partial charge < -0.3 is 5.73 Å². The van der Waals surface area contributed by atoms with Crippen LogP contribution < -0.4 is 5.73 Å². The van der Waals surface area contributed by atoms with Crippen LogP contribution in [0.2, 0.25) is 0 Å². The fraction of sp³-hybridized carbons (Fsp3) is 0.200. The molecule has 3 aromatic rings. The minimum atomic E-state index is 0.319. The van der Waals surface area contributed by atoms with E-state index in [0.29, 0.717) is 12.6 Å².